The van der Waals surface area contributed by atoms with Gasteiger partial charge in [0, 0.05) is 30.7 Å². The molecule has 0 aromatic rings. The van der Waals surface area contributed by atoms with Crippen molar-refractivity contribution in [2.75, 3.05) is 39.3 Å². The Hall–Kier alpha value is -0.160. The lowest BCUT2D eigenvalue weighted by molar-refractivity contribution is 0.145. The van der Waals surface area contributed by atoms with Gasteiger partial charge in [0.25, 0.3) is 0 Å². The molecule has 2 unspecified atom stereocenters. The number of hydrogen-bond acceptors (Lipinski definition) is 4. The standard InChI is InChI=1S/C16H33N3O/c1-4-19(5-2)15-8-10-18(12-15)11-9-16(3,13-20)17-14-6-7-14/h14-15,17,20H,4-13H2,1-3H3. The smallest absolute Gasteiger partial charge is 0.0611 e. The maximum atomic E-state index is 9.66. The summed E-state index contributed by atoms with van der Waals surface area (Å²) in [4.78, 5) is 5.15. The minimum Gasteiger partial charge on any atom is -0.394 e. The van der Waals surface area contributed by atoms with Crippen LogP contribution in [0.15, 0.2) is 0 Å². The van der Waals surface area contributed by atoms with Crippen LogP contribution in [0.2, 0.25) is 0 Å². The van der Waals surface area contributed by atoms with Crippen LogP contribution in [0, 0.1) is 0 Å². The molecule has 2 aliphatic rings. The van der Waals surface area contributed by atoms with Gasteiger partial charge in [-0.05, 0) is 52.2 Å². The quantitative estimate of drug-likeness (QED) is 0.669. The number of likely N-dealkylation sites (N-methyl/N-ethyl adjacent to an activating group) is 1. The van der Waals surface area contributed by atoms with E-state index >= 15 is 0 Å². The summed E-state index contributed by atoms with van der Waals surface area (Å²) >= 11 is 0. The van der Waals surface area contributed by atoms with Gasteiger partial charge < -0.3 is 15.3 Å². The number of aliphatic hydroxyl groups is 1. The van der Waals surface area contributed by atoms with Gasteiger partial charge >= 0.3 is 0 Å². The zero-order chi connectivity index (χ0) is 14.6. The van der Waals surface area contributed by atoms with Crippen LogP contribution in [0.4, 0.5) is 0 Å². The fourth-order valence-corrected chi connectivity index (χ4v) is 3.38. The monoisotopic (exact) mass is 283 g/mol. The van der Waals surface area contributed by atoms with Crippen LogP contribution in [0.1, 0.15) is 46.5 Å². The van der Waals surface area contributed by atoms with E-state index in [0.29, 0.717) is 6.04 Å². The Bertz CT molecular complexity index is 291. The minimum atomic E-state index is -0.0888. The highest BCUT2D eigenvalue weighted by atomic mass is 16.3. The molecule has 20 heavy (non-hydrogen) atoms. The molecule has 1 saturated heterocycles. The van der Waals surface area contributed by atoms with Crippen molar-refractivity contribution in [3.05, 3.63) is 0 Å². The Labute approximate surface area is 124 Å². The Morgan fingerprint density at radius 2 is 1.95 bits per heavy atom. The maximum absolute atomic E-state index is 9.66. The van der Waals surface area contributed by atoms with E-state index in [1.165, 1.54) is 32.4 Å². The molecule has 0 aromatic carbocycles. The summed E-state index contributed by atoms with van der Waals surface area (Å²) in [6.07, 6.45) is 4.91. The molecule has 4 heteroatoms. The number of rotatable bonds is 9. The van der Waals surface area contributed by atoms with E-state index in [4.69, 9.17) is 0 Å². The van der Waals surface area contributed by atoms with Gasteiger partial charge in [0.1, 0.15) is 0 Å². The Kier molecular flexibility index (Phi) is 5.84. The van der Waals surface area contributed by atoms with Crippen molar-refractivity contribution >= 4 is 0 Å². The summed E-state index contributed by atoms with van der Waals surface area (Å²) in [6, 6.07) is 1.40. The van der Waals surface area contributed by atoms with Gasteiger partial charge in [-0.1, -0.05) is 13.8 Å². The molecule has 4 nitrogen and oxygen atoms in total. The summed E-state index contributed by atoms with van der Waals surface area (Å²) in [6.45, 7) is 12.8. The van der Waals surface area contributed by atoms with Gasteiger partial charge in [-0.15, -0.1) is 0 Å². The molecular formula is C16H33N3O. The lowest BCUT2D eigenvalue weighted by atomic mass is 9.98. The highest BCUT2D eigenvalue weighted by Crippen LogP contribution is 2.24. The summed E-state index contributed by atoms with van der Waals surface area (Å²) in [5.74, 6) is 0. The molecule has 2 N–H and O–H groups in total. The highest BCUT2D eigenvalue weighted by Gasteiger charge is 2.33. The van der Waals surface area contributed by atoms with Crippen molar-refractivity contribution in [1.82, 2.24) is 15.1 Å². The molecule has 2 fully saturated rings. The van der Waals surface area contributed by atoms with Crippen molar-refractivity contribution in [3.63, 3.8) is 0 Å². The van der Waals surface area contributed by atoms with E-state index in [1.807, 2.05) is 0 Å². The number of likely N-dealkylation sites (tertiary alicyclic amines) is 1. The Morgan fingerprint density at radius 1 is 1.25 bits per heavy atom. The number of hydrogen-bond donors (Lipinski definition) is 2. The fraction of sp³-hybridized carbons (Fsp3) is 1.00. The molecule has 0 aromatic heterocycles. The van der Waals surface area contributed by atoms with Crippen LogP contribution in [0.3, 0.4) is 0 Å². The van der Waals surface area contributed by atoms with Crippen LogP contribution in [0.25, 0.3) is 0 Å². The topological polar surface area (TPSA) is 38.7 Å². The lowest BCUT2D eigenvalue weighted by Gasteiger charge is -2.31. The van der Waals surface area contributed by atoms with Crippen LogP contribution in [-0.4, -0.2) is 71.9 Å². The third-order valence-electron chi connectivity index (χ3n) is 5.03. The largest absolute Gasteiger partial charge is 0.394 e. The van der Waals surface area contributed by atoms with Crippen LogP contribution >= 0.6 is 0 Å². The third-order valence-corrected chi connectivity index (χ3v) is 5.03. The van der Waals surface area contributed by atoms with Crippen molar-refractivity contribution in [3.8, 4) is 0 Å². The number of nitrogens with one attached hydrogen (secondary N) is 1. The molecule has 1 aliphatic carbocycles. The first-order valence-electron chi connectivity index (χ1n) is 8.45. The molecule has 1 heterocycles. The molecule has 0 bridgehead atoms. The zero-order valence-corrected chi connectivity index (χ0v) is 13.6. The van der Waals surface area contributed by atoms with Crippen molar-refractivity contribution in [1.29, 1.82) is 0 Å². The Balaban J connectivity index is 1.73. The van der Waals surface area contributed by atoms with Gasteiger partial charge in [-0.25, -0.2) is 0 Å². The molecule has 1 saturated carbocycles. The molecule has 118 valence electrons. The second-order valence-corrected chi connectivity index (χ2v) is 6.85. The van der Waals surface area contributed by atoms with E-state index in [1.54, 1.807) is 0 Å². The minimum absolute atomic E-state index is 0.0888. The third kappa shape index (κ3) is 4.42. The van der Waals surface area contributed by atoms with Crippen molar-refractivity contribution < 1.29 is 5.11 Å². The molecular weight excluding hydrogens is 250 g/mol. The average molecular weight is 283 g/mol. The zero-order valence-electron chi connectivity index (χ0n) is 13.6. The van der Waals surface area contributed by atoms with Crippen LogP contribution < -0.4 is 5.32 Å². The first kappa shape index (κ1) is 16.2. The van der Waals surface area contributed by atoms with E-state index in [2.05, 4.69) is 35.9 Å². The van der Waals surface area contributed by atoms with Gasteiger partial charge in [0.2, 0.25) is 0 Å². The molecule has 0 radical (unpaired) electrons. The summed E-state index contributed by atoms with van der Waals surface area (Å²) in [7, 11) is 0. The van der Waals surface area contributed by atoms with Crippen LogP contribution in [0.5, 0.6) is 0 Å². The molecule has 0 amide bonds. The summed E-state index contributed by atoms with van der Waals surface area (Å²) in [5.41, 5.74) is -0.0888. The molecule has 2 atom stereocenters. The second-order valence-electron chi connectivity index (χ2n) is 6.85. The normalized spacial score (nSPS) is 27.1. The van der Waals surface area contributed by atoms with E-state index < -0.39 is 0 Å². The average Bonchev–Trinajstić information content (AvgIpc) is 3.13. The van der Waals surface area contributed by atoms with E-state index in [-0.39, 0.29) is 12.1 Å². The summed E-state index contributed by atoms with van der Waals surface area (Å²) in [5, 5.41) is 13.3. The number of nitrogens with zero attached hydrogens (tertiary/aromatic N) is 2. The lowest BCUT2D eigenvalue weighted by Crippen LogP contribution is -2.49. The number of aliphatic hydroxyl groups excluding tert-OH is 1. The first-order valence-corrected chi connectivity index (χ1v) is 8.45. The van der Waals surface area contributed by atoms with Gasteiger partial charge in [0.15, 0.2) is 0 Å². The van der Waals surface area contributed by atoms with Crippen molar-refractivity contribution in [2.45, 2.75) is 64.1 Å². The fourth-order valence-electron chi connectivity index (χ4n) is 3.38. The van der Waals surface area contributed by atoms with Gasteiger partial charge in [-0.2, -0.15) is 0 Å². The van der Waals surface area contributed by atoms with Crippen molar-refractivity contribution in [2.24, 2.45) is 0 Å². The second kappa shape index (κ2) is 7.21. The van der Waals surface area contributed by atoms with Gasteiger partial charge in [-0.3, -0.25) is 4.90 Å². The highest BCUT2D eigenvalue weighted by molar-refractivity contribution is 4.93. The van der Waals surface area contributed by atoms with E-state index in [9.17, 15) is 5.11 Å². The molecule has 1 aliphatic heterocycles. The predicted octanol–water partition coefficient (Wildman–Crippen LogP) is 1.30. The van der Waals surface area contributed by atoms with Crippen LogP contribution in [-0.2, 0) is 0 Å². The summed E-state index contributed by atoms with van der Waals surface area (Å²) < 4.78 is 0. The predicted molar refractivity (Wildman–Crippen MR) is 84.0 cm³/mol. The Morgan fingerprint density at radius 3 is 2.50 bits per heavy atom. The SMILES string of the molecule is CCN(CC)C1CCN(CCC(C)(CO)NC2CC2)C1. The van der Waals surface area contributed by atoms with E-state index in [0.717, 1.165) is 32.1 Å². The maximum Gasteiger partial charge on any atom is 0.0611 e. The molecule has 0 spiro atoms. The van der Waals surface area contributed by atoms with Gasteiger partial charge in [0.05, 0.1) is 6.61 Å². The molecule has 2 rings (SSSR count). The first-order chi connectivity index (χ1) is 9.60.